The highest BCUT2D eigenvalue weighted by atomic mass is 35.5. The smallest absolute Gasteiger partial charge is 0.259 e. The number of benzene rings is 2. The molecular formula is C24H21ClFN3O2. The van der Waals surface area contributed by atoms with E-state index in [1.807, 2.05) is 24.4 Å². The van der Waals surface area contributed by atoms with Gasteiger partial charge >= 0.3 is 0 Å². The second kappa shape index (κ2) is 6.95. The maximum Gasteiger partial charge on any atom is 0.259 e. The van der Waals surface area contributed by atoms with Crippen LogP contribution in [0.5, 0.6) is 0 Å². The van der Waals surface area contributed by atoms with E-state index in [0.29, 0.717) is 16.8 Å². The second-order valence-corrected chi connectivity index (χ2v) is 8.72. The predicted octanol–water partition coefficient (Wildman–Crippen LogP) is 5.21. The fraction of sp³-hybridized carbons (Fsp3) is 0.250. The third-order valence-electron chi connectivity index (χ3n) is 6.10. The van der Waals surface area contributed by atoms with Gasteiger partial charge in [-0.15, -0.1) is 0 Å². The van der Waals surface area contributed by atoms with Crippen molar-refractivity contribution in [1.29, 1.82) is 0 Å². The van der Waals surface area contributed by atoms with Crippen LogP contribution in [0, 0.1) is 5.82 Å². The molecule has 31 heavy (non-hydrogen) atoms. The van der Waals surface area contributed by atoms with Crippen LogP contribution in [0.25, 0.3) is 10.9 Å². The van der Waals surface area contributed by atoms with Crippen LogP contribution in [0.3, 0.4) is 0 Å². The summed E-state index contributed by atoms with van der Waals surface area (Å²) in [4.78, 5) is 26.8. The van der Waals surface area contributed by atoms with Crippen molar-refractivity contribution in [3.63, 3.8) is 0 Å². The van der Waals surface area contributed by atoms with Gasteiger partial charge in [0, 0.05) is 46.9 Å². The lowest BCUT2D eigenvalue weighted by atomic mass is 9.84. The van der Waals surface area contributed by atoms with Gasteiger partial charge in [-0.1, -0.05) is 23.7 Å². The van der Waals surface area contributed by atoms with Crippen molar-refractivity contribution >= 4 is 40.0 Å². The Morgan fingerprint density at radius 1 is 1.23 bits per heavy atom. The molecule has 0 radical (unpaired) electrons. The van der Waals surface area contributed by atoms with E-state index in [9.17, 15) is 14.0 Å². The van der Waals surface area contributed by atoms with Crippen LogP contribution < -0.4 is 5.32 Å². The molecule has 0 bridgehead atoms. The van der Waals surface area contributed by atoms with Gasteiger partial charge in [0.1, 0.15) is 5.82 Å². The Hall–Kier alpha value is -3.12. The van der Waals surface area contributed by atoms with E-state index in [2.05, 4.69) is 23.7 Å². The first-order chi connectivity index (χ1) is 14.8. The van der Waals surface area contributed by atoms with Crippen LogP contribution in [0.4, 0.5) is 10.1 Å². The highest BCUT2D eigenvalue weighted by Gasteiger charge is 2.42. The molecule has 0 saturated heterocycles. The number of rotatable bonds is 2. The molecule has 2 aliphatic heterocycles. The molecule has 0 saturated carbocycles. The van der Waals surface area contributed by atoms with Crippen molar-refractivity contribution in [1.82, 2.24) is 9.47 Å². The van der Waals surface area contributed by atoms with E-state index in [1.165, 1.54) is 24.0 Å². The van der Waals surface area contributed by atoms with E-state index in [1.54, 1.807) is 6.07 Å². The molecule has 7 heteroatoms. The van der Waals surface area contributed by atoms with Gasteiger partial charge in [0.25, 0.3) is 5.91 Å². The van der Waals surface area contributed by atoms with Gasteiger partial charge in [0.15, 0.2) is 0 Å². The summed E-state index contributed by atoms with van der Waals surface area (Å²) in [5.41, 5.74) is 4.60. The van der Waals surface area contributed by atoms with Crippen molar-refractivity contribution in [2.45, 2.75) is 32.7 Å². The van der Waals surface area contributed by atoms with E-state index in [0.717, 1.165) is 22.2 Å². The number of imide groups is 1. The van der Waals surface area contributed by atoms with Crippen molar-refractivity contribution in [3.8, 4) is 0 Å². The maximum atomic E-state index is 13.9. The Bertz CT molecular complexity index is 1310. The molecule has 0 aliphatic carbocycles. The number of aromatic nitrogens is 1. The predicted molar refractivity (Wildman–Crippen MR) is 119 cm³/mol. The molecule has 1 N–H and O–H groups in total. The number of carbonyl (C=O) groups is 2. The summed E-state index contributed by atoms with van der Waals surface area (Å²) in [6.45, 7) is 5.74. The molecule has 3 heterocycles. The summed E-state index contributed by atoms with van der Waals surface area (Å²) < 4.78 is 16.0. The van der Waals surface area contributed by atoms with Gasteiger partial charge in [-0.3, -0.25) is 14.5 Å². The molecule has 0 fully saturated rings. The van der Waals surface area contributed by atoms with Gasteiger partial charge < -0.3 is 9.88 Å². The van der Waals surface area contributed by atoms with Gasteiger partial charge in [0.05, 0.1) is 17.6 Å². The highest BCUT2D eigenvalue weighted by Crippen LogP contribution is 2.48. The Kier molecular flexibility index (Phi) is 4.45. The number of nitrogens with zero attached hydrogens (tertiary/aromatic N) is 2. The third kappa shape index (κ3) is 2.89. The lowest BCUT2D eigenvalue weighted by Gasteiger charge is -2.20. The molecule has 5 nitrogen and oxygen atoms in total. The minimum Gasteiger partial charge on any atom is -0.356 e. The maximum absolute atomic E-state index is 13.9. The largest absolute Gasteiger partial charge is 0.356 e. The molecule has 0 unspecified atom stereocenters. The zero-order valence-electron chi connectivity index (χ0n) is 17.4. The number of hydrogen-bond donors (Lipinski definition) is 1. The Morgan fingerprint density at radius 2 is 2.00 bits per heavy atom. The summed E-state index contributed by atoms with van der Waals surface area (Å²) in [6.07, 6.45) is 2.05. The van der Waals surface area contributed by atoms with Crippen molar-refractivity contribution in [2.75, 3.05) is 11.9 Å². The van der Waals surface area contributed by atoms with Crippen LogP contribution in [0.1, 0.15) is 43.9 Å². The molecule has 2 aliphatic rings. The minimum absolute atomic E-state index is 0.170. The number of halogens is 2. The van der Waals surface area contributed by atoms with Gasteiger partial charge in [-0.2, -0.15) is 0 Å². The molecule has 5 rings (SSSR count). The number of amides is 2. The third-order valence-corrected chi connectivity index (χ3v) is 6.43. The fourth-order valence-electron chi connectivity index (χ4n) is 4.72. The zero-order valence-corrected chi connectivity index (χ0v) is 18.1. The molecule has 1 aromatic heterocycles. The first kappa shape index (κ1) is 19.8. The van der Waals surface area contributed by atoms with Crippen LogP contribution in [0.2, 0.25) is 5.02 Å². The van der Waals surface area contributed by atoms with Crippen molar-refractivity contribution in [3.05, 3.63) is 75.8 Å². The summed E-state index contributed by atoms with van der Waals surface area (Å²) in [5, 5.41) is 4.66. The van der Waals surface area contributed by atoms with E-state index >= 15 is 0 Å². The average Bonchev–Trinajstić information content (AvgIpc) is 3.20. The van der Waals surface area contributed by atoms with Crippen LogP contribution >= 0.6 is 11.6 Å². The number of nitrogens with one attached hydrogen (secondary N) is 1. The second-order valence-electron chi connectivity index (χ2n) is 8.31. The molecule has 158 valence electrons. The fourth-order valence-corrected chi connectivity index (χ4v) is 4.99. The van der Waals surface area contributed by atoms with Crippen molar-refractivity contribution < 1.29 is 14.0 Å². The summed E-state index contributed by atoms with van der Waals surface area (Å²) >= 11 is 6.50. The van der Waals surface area contributed by atoms with E-state index < -0.39 is 11.7 Å². The quantitative estimate of drug-likeness (QED) is 0.598. The average molecular weight is 438 g/mol. The first-order valence-corrected chi connectivity index (χ1v) is 10.6. The highest BCUT2D eigenvalue weighted by molar-refractivity contribution is 6.31. The van der Waals surface area contributed by atoms with Gasteiger partial charge in [0.2, 0.25) is 5.91 Å². The Balaban J connectivity index is 1.85. The lowest BCUT2D eigenvalue weighted by molar-refractivity contribution is -0.139. The van der Waals surface area contributed by atoms with Crippen molar-refractivity contribution in [2.24, 2.45) is 0 Å². The van der Waals surface area contributed by atoms with Gasteiger partial charge in [-0.25, -0.2) is 4.39 Å². The van der Waals surface area contributed by atoms with Crippen LogP contribution in [0.15, 0.2) is 53.9 Å². The van der Waals surface area contributed by atoms with E-state index in [4.69, 9.17) is 11.6 Å². The minimum atomic E-state index is -0.529. The Morgan fingerprint density at radius 3 is 2.68 bits per heavy atom. The summed E-state index contributed by atoms with van der Waals surface area (Å²) in [5.74, 6) is -1.64. The number of anilines is 1. The topological polar surface area (TPSA) is 54.3 Å². The molecule has 2 amide bonds. The normalized spacial score (nSPS) is 17.9. The zero-order chi connectivity index (χ0) is 22.0. The van der Waals surface area contributed by atoms with Crippen LogP contribution in [-0.2, 0) is 9.59 Å². The first-order valence-electron chi connectivity index (χ1n) is 10.2. The van der Waals surface area contributed by atoms with Crippen LogP contribution in [-0.4, -0.2) is 27.8 Å². The molecule has 0 spiro atoms. The standard InChI is InChI=1S/C24H21ClFN3O2/c1-12(2)28-10-16-21(15-8-7-14(26)9-17(15)25)23-19(11-29(13(3)30)24(23)31)27-18-5-4-6-20(28)22(16)18/h4-10,12,21,27H,11H2,1-3H3/t21-/m1/s1. The number of hydrogen-bond acceptors (Lipinski definition) is 3. The molecule has 2 aromatic carbocycles. The number of carbonyl (C=O) groups excluding carboxylic acids is 2. The molecule has 3 aromatic rings. The summed E-state index contributed by atoms with van der Waals surface area (Å²) in [7, 11) is 0. The molecular weight excluding hydrogens is 417 g/mol. The monoisotopic (exact) mass is 437 g/mol. The SMILES string of the molecule is CC(=O)N1CC2=C(C1=O)[C@H](c1ccc(F)cc1Cl)c1cn(C(C)C)c3cccc(c13)N2. The van der Waals surface area contributed by atoms with E-state index in [-0.39, 0.29) is 29.4 Å². The Labute approximate surface area is 184 Å². The van der Waals surface area contributed by atoms with Gasteiger partial charge in [-0.05, 0) is 49.2 Å². The molecule has 1 atom stereocenters. The lowest BCUT2D eigenvalue weighted by Crippen LogP contribution is -2.33. The summed E-state index contributed by atoms with van der Waals surface area (Å²) in [6, 6.07) is 10.4.